The van der Waals surface area contributed by atoms with Gasteiger partial charge in [-0.3, -0.25) is 0 Å². The van der Waals surface area contributed by atoms with E-state index in [4.69, 9.17) is 0 Å². The van der Waals surface area contributed by atoms with Gasteiger partial charge in [-0.2, -0.15) is 0 Å². The second kappa shape index (κ2) is 6.42. The largest absolute Gasteiger partial charge is 0.328 e. The van der Waals surface area contributed by atoms with E-state index in [1.54, 1.807) is 0 Å². The molecule has 0 radical (unpaired) electrons. The van der Waals surface area contributed by atoms with E-state index >= 15 is 0 Å². The zero-order valence-electron chi connectivity index (χ0n) is 10.3. The maximum atomic E-state index is 2.36. The SMILES string of the molecule is CCCCC[N+](C)(C)CCC(C)C. The van der Waals surface area contributed by atoms with Crippen molar-refractivity contribution in [2.24, 2.45) is 5.92 Å². The quantitative estimate of drug-likeness (QED) is 0.423. The molecule has 0 bridgehead atoms. The van der Waals surface area contributed by atoms with Crippen molar-refractivity contribution in [1.82, 2.24) is 0 Å². The highest BCUT2D eigenvalue weighted by molar-refractivity contribution is 4.45. The van der Waals surface area contributed by atoms with Gasteiger partial charge in [0, 0.05) is 0 Å². The van der Waals surface area contributed by atoms with Crippen LogP contribution in [0.25, 0.3) is 0 Å². The fourth-order valence-corrected chi connectivity index (χ4v) is 1.51. The Morgan fingerprint density at radius 3 is 2.08 bits per heavy atom. The van der Waals surface area contributed by atoms with Crippen LogP contribution in [0.15, 0.2) is 0 Å². The van der Waals surface area contributed by atoms with Crippen molar-refractivity contribution >= 4 is 0 Å². The molecule has 0 saturated heterocycles. The van der Waals surface area contributed by atoms with E-state index in [0.717, 1.165) is 5.92 Å². The van der Waals surface area contributed by atoms with E-state index in [9.17, 15) is 0 Å². The predicted molar refractivity (Wildman–Crippen MR) is 60.8 cm³/mol. The van der Waals surface area contributed by atoms with Crippen molar-refractivity contribution in [2.45, 2.75) is 46.5 Å². The molecule has 1 nitrogen and oxygen atoms in total. The molecule has 0 aromatic carbocycles. The Morgan fingerprint density at radius 1 is 1.00 bits per heavy atom. The minimum absolute atomic E-state index is 0.851. The molecular formula is C12H28N+. The number of quaternary nitrogens is 1. The first-order valence-corrected chi connectivity index (χ1v) is 5.80. The summed E-state index contributed by atoms with van der Waals surface area (Å²) in [7, 11) is 4.72. The van der Waals surface area contributed by atoms with Gasteiger partial charge in [0.1, 0.15) is 0 Å². The Bertz CT molecular complexity index is 116. The van der Waals surface area contributed by atoms with Crippen molar-refractivity contribution < 1.29 is 4.48 Å². The Labute approximate surface area is 84.7 Å². The highest BCUT2D eigenvalue weighted by Crippen LogP contribution is 2.08. The molecular weight excluding hydrogens is 158 g/mol. The van der Waals surface area contributed by atoms with Gasteiger partial charge in [-0.15, -0.1) is 0 Å². The molecule has 0 spiro atoms. The van der Waals surface area contributed by atoms with E-state index in [-0.39, 0.29) is 0 Å². The molecule has 0 saturated carbocycles. The number of hydrogen-bond donors (Lipinski definition) is 0. The summed E-state index contributed by atoms with van der Waals surface area (Å²) < 4.78 is 1.21. The van der Waals surface area contributed by atoms with Crippen molar-refractivity contribution in [2.75, 3.05) is 27.2 Å². The molecule has 0 amide bonds. The van der Waals surface area contributed by atoms with Gasteiger partial charge in [0.15, 0.2) is 0 Å². The number of rotatable bonds is 7. The molecule has 0 aromatic heterocycles. The van der Waals surface area contributed by atoms with Gasteiger partial charge < -0.3 is 4.48 Å². The molecule has 80 valence electrons. The summed E-state index contributed by atoms with van der Waals surface area (Å²) in [6, 6.07) is 0. The van der Waals surface area contributed by atoms with E-state index in [0.29, 0.717) is 0 Å². The molecule has 1 heteroatoms. The molecule has 0 aliphatic carbocycles. The lowest BCUT2D eigenvalue weighted by molar-refractivity contribution is -0.891. The van der Waals surface area contributed by atoms with Crippen molar-refractivity contribution in [3.63, 3.8) is 0 Å². The van der Waals surface area contributed by atoms with Crippen molar-refractivity contribution in [1.29, 1.82) is 0 Å². The first kappa shape index (κ1) is 13.0. The van der Waals surface area contributed by atoms with Crippen LogP contribution in [0, 0.1) is 5.92 Å². The third kappa shape index (κ3) is 8.29. The normalized spacial score (nSPS) is 12.5. The third-order valence-corrected chi connectivity index (χ3v) is 2.68. The Kier molecular flexibility index (Phi) is 6.40. The molecule has 0 atom stereocenters. The maximum Gasteiger partial charge on any atom is 0.0784 e. The van der Waals surface area contributed by atoms with Gasteiger partial charge in [0.05, 0.1) is 27.2 Å². The molecule has 0 aromatic rings. The molecule has 0 aliphatic rings. The highest BCUT2D eigenvalue weighted by atomic mass is 15.3. The third-order valence-electron chi connectivity index (χ3n) is 2.68. The van der Waals surface area contributed by atoms with Gasteiger partial charge in [-0.05, 0) is 25.2 Å². The van der Waals surface area contributed by atoms with Crippen LogP contribution >= 0.6 is 0 Å². The first-order valence-electron chi connectivity index (χ1n) is 5.80. The fraction of sp³-hybridized carbons (Fsp3) is 1.00. The topological polar surface area (TPSA) is 0 Å². The van der Waals surface area contributed by atoms with E-state index in [1.807, 2.05) is 0 Å². The molecule has 0 unspecified atom stereocenters. The molecule has 0 N–H and O–H groups in total. The lowest BCUT2D eigenvalue weighted by Crippen LogP contribution is -2.41. The Hall–Kier alpha value is -0.0400. The van der Waals surface area contributed by atoms with Crippen LogP contribution in [-0.4, -0.2) is 31.7 Å². The summed E-state index contributed by atoms with van der Waals surface area (Å²) >= 11 is 0. The summed E-state index contributed by atoms with van der Waals surface area (Å²) in [5.74, 6) is 0.851. The lowest BCUT2D eigenvalue weighted by atomic mass is 10.1. The van der Waals surface area contributed by atoms with Crippen molar-refractivity contribution in [3.05, 3.63) is 0 Å². The summed E-state index contributed by atoms with van der Waals surface area (Å²) in [6.45, 7) is 9.58. The molecule has 0 rings (SSSR count). The average molecular weight is 186 g/mol. The predicted octanol–water partition coefficient (Wildman–Crippen LogP) is 3.30. The lowest BCUT2D eigenvalue weighted by Gasteiger charge is -2.30. The number of nitrogens with zero attached hydrogens (tertiary/aromatic N) is 1. The Balaban J connectivity index is 3.54. The van der Waals surface area contributed by atoms with Crippen LogP contribution < -0.4 is 0 Å². The second-order valence-corrected chi connectivity index (χ2v) is 5.27. The maximum absolute atomic E-state index is 2.36. The minimum Gasteiger partial charge on any atom is -0.328 e. The van der Waals surface area contributed by atoms with Crippen molar-refractivity contribution in [3.8, 4) is 0 Å². The van der Waals surface area contributed by atoms with Crippen LogP contribution in [-0.2, 0) is 0 Å². The number of unbranched alkanes of at least 4 members (excludes halogenated alkanes) is 2. The summed E-state index contributed by atoms with van der Waals surface area (Å²) in [6.07, 6.45) is 5.48. The van der Waals surface area contributed by atoms with Gasteiger partial charge in [0.25, 0.3) is 0 Å². The van der Waals surface area contributed by atoms with E-state index in [2.05, 4.69) is 34.9 Å². The van der Waals surface area contributed by atoms with Crippen LogP contribution in [0.2, 0.25) is 0 Å². The average Bonchev–Trinajstić information content (AvgIpc) is 2.02. The summed E-state index contributed by atoms with van der Waals surface area (Å²) in [5.41, 5.74) is 0. The van der Waals surface area contributed by atoms with Crippen LogP contribution in [0.5, 0.6) is 0 Å². The van der Waals surface area contributed by atoms with Gasteiger partial charge in [-0.1, -0.05) is 27.2 Å². The monoisotopic (exact) mass is 186 g/mol. The smallest absolute Gasteiger partial charge is 0.0784 e. The van der Waals surface area contributed by atoms with Gasteiger partial charge >= 0.3 is 0 Å². The molecule has 0 aliphatic heterocycles. The second-order valence-electron chi connectivity index (χ2n) is 5.27. The first-order chi connectivity index (χ1) is 5.98. The van der Waals surface area contributed by atoms with E-state index < -0.39 is 0 Å². The minimum atomic E-state index is 0.851. The van der Waals surface area contributed by atoms with Gasteiger partial charge in [-0.25, -0.2) is 0 Å². The Morgan fingerprint density at radius 2 is 1.62 bits per heavy atom. The van der Waals surface area contributed by atoms with Crippen LogP contribution in [0.4, 0.5) is 0 Å². The molecule has 0 fully saturated rings. The van der Waals surface area contributed by atoms with Crippen LogP contribution in [0.1, 0.15) is 46.5 Å². The zero-order valence-corrected chi connectivity index (χ0v) is 10.3. The molecule has 13 heavy (non-hydrogen) atoms. The fourth-order valence-electron chi connectivity index (χ4n) is 1.51. The summed E-state index contributed by atoms with van der Waals surface area (Å²) in [4.78, 5) is 0. The number of hydrogen-bond acceptors (Lipinski definition) is 0. The standard InChI is InChI=1S/C12H28N/c1-6-7-8-10-13(4,5)11-9-12(2)3/h12H,6-11H2,1-5H3/q+1. The zero-order chi connectivity index (χ0) is 10.3. The van der Waals surface area contributed by atoms with Crippen LogP contribution in [0.3, 0.4) is 0 Å². The summed E-state index contributed by atoms with van der Waals surface area (Å²) in [5, 5.41) is 0. The van der Waals surface area contributed by atoms with E-state index in [1.165, 1.54) is 43.3 Å². The molecule has 0 heterocycles. The van der Waals surface area contributed by atoms with Gasteiger partial charge in [0.2, 0.25) is 0 Å². The highest BCUT2D eigenvalue weighted by Gasteiger charge is 2.14.